The molecule has 1 heterocycles. The molecular weight excluding hydrogens is 549 g/mol. The summed E-state index contributed by atoms with van der Waals surface area (Å²) in [6.07, 6.45) is -1.63. The van der Waals surface area contributed by atoms with E-state index in [9.17, 15) is 18.0 Å². The van der Waals surface area contributed by atoms with E-state index in [2.05, 4.69) is 0 Å². The lowest BCUT2D eigenvalue weighted by atomic mass is 9.90. The van der Waals surface area contributed by atoms with Crippen molar-refractivity contribution < 1.29 is 27.9 Å². The molecule has 1 fully saturated rings. The summed E-state index contributed by atoms with van der Waals surface area (Å²) in [5.41, 5.74) is 1.39. The Morgan fingerprint density at radius 3 is 2.32 bits per heavy atom. The number of carbonyl (C=O) groups is 2. The maximum atomic E-state index is 14.0. The number of hydrogen-bond acceptors (Lipinski definition) is 6. The second-order valence-electron chi connectivity index (χ2n) is 10.7. The summed E-state index contributed by atoms with van der Waals surface area (Å²) in [4.78, 5) is 28.2. The number of rotatable bonds is 10. The fraction of sp³-hybridized carbons (Fsp3) is 0.500. The Labute approximate surface area is 235 Å². The number of halogens is 2. The van der Waals surface area contributed by atoms with E-state index >= 15 is 0 Å². The van der Waals surface area contributed by atoms with Crippen molar-refractivity contribution in [3.05, 3.63) is 69.7 Å². The van der Waals surface area contributed by atoms with Gasteiger partial charge in [0, 0.05) is 35.5 Å². The number of Topliss-reactive ketones (excluding diaryl/α,β-unsaturated/α-hetero) is 1. The van der Waals surface area contributed by atoms with E-state index in [4.69, 9.17) is 33.0 Å². The smallest absolute Gasteiger partial charge is 0.253 e. The molecule has 1 N–H and O–H groups in total. The predicted molar refractivity (Wildman–Crippen MR) is 149 cm³/mol. The van der Waals surface area contributed by atoms with Gasteiger partial charge in [-0.2, -0.15) is 0 Å². The third-order valence-corrected chi connectivity index (χ3v) is 9.99. The van der Waals surface area contributed by atoms with Gasteiger partial charge in [-0.1, -0.05) is 47.5 Å². The molecule has 0 radical (unpaired) electrons. The summed E-state index contributed by atoms with van der Waals surface area (Å²) >= 11 is 12.5. The molecule has 1 aliphatic heterocycles. The highest BCUT2D eigenvalue weighted by atomic mass is 35.5. The average molecular weight is 585 g/mol. The molecule has 0 saturated carbocycles. The second-order valence-corrected chi connectivity index (χ2v) is 14.3. The Hall–Kier alpha value is -1.97. The van der Waals surface area contributed by atoms with E-state index < -0.39 is 44.8 Å². The minimum absolute atomic E-state index is 0.111. The number of ketones is 1. The van der Waals surface area contributed by atoms with E-state index in [0.717, 1.165) is 0 Å². The Balaban J connectivity index is 2.14. The van der Waals surface area contributed by atoms with Gasteiger partial charge >= 0.3 is 0 Å². The number of aliphatic hydroxyl groups excluding tert-OH is 1. The van der Waals surface area contributed by atoms with Gasteiger partial charge in [-0.25, -0.2) is 8.42 Å². The van der Waals surface area contributed by atoms with Crippen LogP contribution in [0.25, 0.3) is 0 Å². The largest absolute Gasteiger partial charge is 0.396 e. The lowest BCUT2D eigenvalue weighted by Crippen LogP contribution is -2.56. The number of amides is 1. The molecule has 7 nitrogen and oxygen atoms in total. The molecule has 2 aromatic carbocycles. The van der Waals surface area contributed by atoms with Gasteiger partial charge in [-0.3, -0.25) is 9.59 Å². The Morgan fingerprint density at radius 1 is 1.08 bits per heavy atom. The lowest BCUT2D eigenvalue weighted by Gasteiger charge is -2.47. The van der Waals surface area contributed by atoms with Crippen molar-refractivity contribution in [3.63, 3.8) is 0 Å². The summed E-state index contributed by atoms with van der Waals surface area (Å²) < 4.78 is 31.7. The van der Waals surface area contributed by atoms with E-state index in [-0.39, 0.29) is 37.4 Å². The summed E-state index contributed by atoms with van der Waals surface area (Å²) in [5, 5.41) is 10.1. The zero-order valence-corrected chi connectivity index (χ0v) is 24.4. The summed E-state index contributed by atoms with van der Waals surface area (Å²) in [7, 11) is -3.60. The SMILES string of the molecule is C[C@@H](CS(=O)(=O)C(C)(C)C)N1C(=O)[C@H](CC(=O)CCCO)O[C@H](c2cccc(Cl)c2)[C@H]1c1ccc(Cl)cc1. The minimum atomic E-state index is -3.60. The van der Waals surface area contributed by atoms with Crippen LogP contribution >= 0.6 is 23.2 Å². The number of aliphatic hydroxyl groups is 1. The van der Waals surface area contributed by atoms with Gasteiger partial charge in [0.25, 0.3) is 5.91 Å². The van der Waals surface area contributed by atoms with Gasteiger partial charge in [0.05, 0.1) is 16.5 Å². The first kappa shape index (κ1) is 30.6. The highest BCUT2D eigenvalue weighted by molar-refractivity contribution is 7.92. The molecule has 0 aliphatic carbocycles. The first-order chi connectivity index (χ1) is 17.7. The number of carbonyl (C=O) groups excluding carboxylic acids is 2. The third-order valence-electron chi connectivity index (χ3n) is 6.71. The van der Waals surface area contributed by atoms with Gasteiger partial charge in [-0.05, 0) is 69.5 Å². The molecule has 0 unspecified atom stereocenters. The summed E-state index contributed by atoms with van der Waals surface area (Å²) in [6.45, 7) is 6.46. The Morgan fingerprint density at radius 2 is 1.74 bits per heavy atom. The van der Waals surface area contributed by atoms with Crippen LogP contribution < -0.4 is 0 Å². The summed E-state index contributed by atoms with van der Waals surface area (Å²) in [6, 6.07) is 12.6. The Bertz CT molecular complexity index is 1240. The van der Waals surface area contributed by atoms with Crippen LogP contribution in [0, 0.1) is 0 Å². The molecule has 2 aromatic rings. The van der Waals surface area contributed by atoms with Crippen LogP contribution in [0.2, 0.25) is 10.0 Å². The summed E-state index contributed by atoms with van der Waals surface area (Å²) in [5.74, 6) is -0.945. The first-order valence-electron chi connectivity index (χ1n) is 12.6. The quantitative estimate of drug-likeness (QED) is 0.405. The number of sulfone groups is 1. The van der Waals surface area contributed by atoms with Crippen molar-refractivity contribution >= 4 is 44.7 Å². The van der Waals surface area contributed by atoms with Crippen LogP contribution in [0.1, 0.15) is 70.2 Å². The number of morpholine rings is 1. The van der Waals surface area contributed by atoms with Crippen LogP contribution in [0.3, 0.4) is 0 Å². The van der Waals surface area contributed by atoms with Crippen molar-refractivity contribution in [2.45, 2.75) is 76.0 Å². The second kappa shape index (κ2) is 12.5. The molecule has 1 aliphatic rings. The molecule has 0 aromatic heterocycles. The lowest BCUT2D eigenvalue weighted by molar-refractivity contribution is -0.179. The molecule has 10 heteroatoms. The molecule has 0 bridgehead atoms. The fourth-order valence-electron chi connectivity index (χ4n) is 4.56. The van der Waals surface area contributed by atoms with E-state index in [0.29, 0.717) is 21.2 Å². The highest BCUT2D eigenvalue weighted by Gasteiger charge is 2.47. The fourth-order valence-corrected chi connectivity index (χ4v) is 6.18. The zero-order valence-electron chi connectivity index (χ0n) is 22.1. The van der Waals surface area contributed by atoms with Gasteiger partial charge in [0.2, 0.25) is 0 Å². The predicted octanol–water partition coefficient (Wildman–Crippen LogP) is 5.34. The molecule has 1 saturated heterocycles. The zero-order chi connectivity index (χ0) is 28.3. The number of ether oxygens (including phenoxy) is 1. The maximum absolute atomic E-state index is 14.0. The monoisotopic (exact) mass is 583 g/mol. The number of nitrogens with zero attached hydrogens (tertiary/aromatic N) is 1. The van der Waals surface area contributed by atoms with Crippen LogP contribution in [-0.2, 0) is 24.2 Å². The third kappa shape index (κ3) is 7.16. The van der Waals surface area contributed by atoms with Gasteiger partial charge in [-0.15, -0.1) is 0 Å². The highest BCUT2D eigenvalue weighted by Crippen LogP contribution is 2.44. The van der Waals surface area contributed by atoms with E-state index in [1.807, 2.05) is 6.07 Å². The standard InChI is InChI=1S/C28H35Cl2NO6S/c1-18(17-38(35,36)28(2,3)4)31-25(19-10-12-21(29)13-11-19)26(20-7-5-8-22(30)15-20)37-24(27(31)34)16-23(33)9-6-14-32/h5,7-8,10-13,15,18,24-26,32H,6,9,14,16-17H2,1-4H3/t18-,24-,25+,26+/m0/s1. The molecule has 208 valence electrons. The van der Waals surface area contributed by atoms with Gasteiger partial charge in [0.1, 0.15) is 18.0 Å². The van der Waals surface area contributed by atoms with Crippen LogP contribution in [0.4, 0.5) is 0 Å². The average Bonchev–Trinajstić information content (AvgIpc) is 2.83. The van der Waals surface area contributed by atoms with Crippen molar-refractivity contribution in [2.24, 2.45) is 0 Å². The van der Waals surface area contributed by atoms with Crippen LogP contribution in [0.15, 0.2) is 48.5 Å². The molecule has 4 atom stereocenters. The molecule has 3 rings (SSSR count). The van der Waals surface area contributed by atoms with Crippen molar-refractivity contribution in [1.82, 2.24) is 4.90 Å². The van der Waals surface area contributed by atoms with Crippen molar-refractivity contribution in [3.8, 4) is 0 Å². The maximum Gasteiger partial charge on any atom is 0.253 e. The van der Waals surface area contributed by atoms with Crippen LogP contribution in [-0.4, -0.2) is 59.4 Å². The van der Waals surface area contributed by atoms with Crippen molar-refractivity contribution in [2.75, 3.05) is 12.4 Å². The molecular formula is C28H35Cl2NO6S. The Kier molecular flexibility index (Phi) is 10.0. The van der Waals surface area contributed by atoms with Gasteiger partial charge < -0.3 is 14.7 Å². The van der Waals surface area contributed by atoms with Crippen molar-refractivity contribution in [1.29, 1.82) is 0 Å². The van der Waals surface area contributed by atoms with Gasteiger partial charge in [0.15, 0.2) is 9.84 Å². The molecule has 1 amide bonds. The molecule has 0 spiro atoms. The normalized spacial score (nSPS) is 21.4. The first-order valence-corrected chi connectivity index (χ1v) is 15.0. The van der Waals surface area contributed by atoms with Crippen LogP contribution in [0.5, 0.6) is 0 Å². The number of benzene rings is 2. The molecule has 38 heavy (non-hydrogen) atoms. The minimum Gasteiger partial charge on any atom is -0.396 e. The van der Waals surface area contributed by atoms with E-state index in [1.54, 1.807) is 75.1 Å². The number of hydrogen-bond donors (Lipinski definition) is 1. The van der Waals surface area contributed by atoms with E-state index in [1.165, 1.54) is 0 Å². The topological polar surface area (TPSA) is 101 Å².